The Morgan fingerprint density at radius 1 is 0.971 bits per heavy atom. The van der Waals surface area contributed by atoms with E-state index in [0.717, 1.165) is 10.1 Å². The second-order valence-corrected chi connectivity index (χ2v) is 9.05. The van der Waals surface area contributed by atoms with Crippen molar-refractivity contribution in [3.63, 3.8) is 0 Å². The third-order valence-electron chi connectivity index (χ3n) is 4.71. The van der Waals surface area contributed by atoms with Gasteiger partial charge in [-0.3, -0.25) is 9.59 Å². The monoisotopic (exact) mass is 525 g/mol. The van der Waals surface area contributed by atoms with E-state index in [1.165, 1.54) is 17.6 Å². The van der Waals surface area contributed by atoms with E-state index < -0.39 is 17.8 Å². The van der Waals surface area contributed by atoms with Crippen molar-refractivity contribution in [1.82, 2.24) is 10.7 Å². The van der Waals surface area contributed by atoms with E-state index in [0.29, 0.717) is 31.8 Å². The zero-order valence-electron chi connectivity index (χ0n) is 18.0. The summed E-state index contributed by atoms with van der Waals surface area (Å²) in [5.41, 5.74) is 3.30. The maximum absolute atomic E-state index is 12.6. The standard InChI is InChI=1S/C25H17Cl2N3O4S/c26-17-10-8-16(9-11-17)24(32)28-14-21(31)30-29-13-15-4-3-5-18(12-15)34-25(33)23-22(27)19-6-1-2-7-20(19)35-23/h1-13H,14H2,(H,28,32)(H,30,31). The molecule has 0 spiro atoms. The number of esters is 1. The van der Waals surface area contributed by atoms with Crippen molar-refractivity contribution in [3.05, 3.63) is 98.8 Å². The van der Waals surface area contributed by atoms with Crippen LogP contribution in [0.1, 0.15) is 25.6 Å². The number of nitrogens with zero attached hydrogens (tertiary/aromatic N) is 1. The van der Waals surface area contributed by atoms with Gasteiger partial charge in [0.25, 0.3) is 11.8 Å². The number of hydrazone groups is 1. The van der Waals surface area contributed by atoms with Crippen molar-refractivity contribution in [2.24, 2.45) is 5.10 Å². The third-order valence-corrected chi connectivity index (χ3v) is 6.62. The van der Waals surface area contributed by atoms with Crippen molar-refractivity contribution in [3.8, 4) is 5.75 Å². The largest absolute Gasteiger partial charge is 0.422 e. The molecule has 0 atom stereocenters. The summed E-state index contributed by atoms with van der Waals surface area (Å²) in [6.07, 6.45) is 1.39. The van der Waals surface area contributed by atoms with Gasteiger partial charge in [0, 0.05) is 20.7 Å². The normalized spacial score (nSPS) is 10.9. The first kappa shape index (κ1) is 24.4. The number of amides is 2. The average Bonchev–Trinajstić information content (AvgIpc) is 3.20. The van der Waals surface area contributed by atoms with E-state index in [9.17, 15) is 14.4 Å². The highest BCUT2D eigenvalue weighted by molar-refractivity contribution is 7.21. The molecule has 0 saturated carbocycles. The highest BCUT2D eigenvalue weighted by Crippen LogP contribution is 2.35. The second-order valence-electron chi connectivity index (χ2n) is 7.19. The molecule has 176 valence electrons. The summed E-state index contributed by atoms with van der Waals surface area (Å²) in [7, 11) is 0. The number of benzene rings is 3. The van der Waals surface area contributed by atoms with E-state index in [2.05, 4.69) is 15.8 Å². The van der Waals surface area contributed by atoms with Gasteiger partial charge >= 0.3 is 5.97 Å². The van der Waals surface area contributed by atoms with Crippen LogP contribution in [0.2, 0.25) is 10.0 Å². The summed E-state index contributed by atoms with van der Waals surface area (Å²) in [6.45, 7) is -0.258. The molecule has 2 amide bonds. The lowest BCUT2D eigenvalue weighted by Crippen LogP contribution is -2.34. The molecule has 7 nitrogen and oxygen atoms in total. The second kappa shape index (κ2) is 11.1. The van der Waals surface area contributed by atoms with Gasteiger partial charge in [-0.15, -0.1) is 11.3 Å². The molecule has 35 heavy (non-hydrogen) atoms. The zero-order chi connectivity index (χ0) is 24.8. The Balaban J connectivity index is 1.31. The van der Waals surface area contributed by atoms with E-state index in [4.69, 9.17) is 27.9 Å². The van der Waals surface area contributed by atoms with Crippen LogP contribution in [0.25, 0.3) is 10.1 Å². The number of carbonyl (C=O) groups is 3. The number of ether oxygens (including phenoxy) is 1. The molecule has 0 radical (unpaired) electrons. The van der Waals surface area contributed by atoms with Crippen molar-refractivity contribution in [1.29, 1.82) is 0 Å². The quantitative estimate of drug-likeness (QED) is 0.148. The summed E-state index contributed by atoms with van der Waals surface area (Å²) in [5, 5.41) is 8.03. The first-order valence-corrected chi connectivity index (χ1v) is 11.8. The first-order valence-electron chi connectivity index (χ1n) is 10.3. The molecule has 1 heterocycles. The van der Waals surface area contributed by atoms with Crippen LogP contribution in [0.3, 0.4) is 0 Å². The molecule has 4 aromatic rings. The van der Waals surface area contributed by atoms with Gasteiger partial charge in [-0.25, -0.2) is 10.2 Å². The maximum Gasteiger partial charge on any atom is 0.355 e. The molecular weight excluding hydrogens is 509 g/mol. The van der Waals surface area contributed by atoms with Crippen LogP contribution in [-0.2, 0) is 4.79 Å². The number of hydrogen-bond acceptors (Lipinski definition) is 6. The fourth-order valence-corrected chi connectivity index (χ4v) is 4.55. The maximum atomic E-state index is 12.6. The summed E-state index contributed by atoms with van der Waals surface area (Å²) in [6, 6.07) is 20.4. The van der Waals surface area contributed by atoms with E-state index in [1.807, 2.05) is 24.3 Å². The van der Waals surface area contributed by atoms with Crippen LogP contribution >= 0.6 is 34.5 Å². The molecule has 2 N–H and O–H groups in total. The van der Waals surface area contributed by atoms with E-state index in [-0.39, 0.29) is 6.54 Å². The summed E-state index contributed by atoms with van der Waals surface area (Å²) < 4.78 is 6.37. The Morgan fingerprint density at radius 3 is 2.51 bits per heavy atom. The van der Waals surface area contributed by atoms with Crippen molar-refractivity contribution >= 4 is 68.6 Å². The number of hydrogen-bond donors (Lipinski definition) is 2. The topological polar surface area (TPSA) is 96.9 Å². The Bertz CT molecular complexity index is 1430. The average molecular weight is 526 g/mol. The predicted molar refractivity (Wildman–Crippen MR) is 138 cm³/mol. The van der Waals surface area contributed by atoms with Gasteiger partial charge in [0.05, 0.1) is 17.8 Å². The highest BCUT2D eigenvalue weighted by Gasteiger charge is 2.19. The summed E-state index contributed by atoms with van der Waals surface area (Å²) in [4.78, 5) is 36.9. The van der Waals surface area contributed by atoms with Gasteiger partial charge in [0.2, 0.25) is 0 Å². The lowest BCUT2D eigenvalue weighted by atomic mass is 10.2. The van der Waals surface area contributed by atoms with Gasteiger partial charge in [-0.1, -0.05) is 53.5 Å². The van der Waals surface area contributed by atoms with Crippen LogP contribution < -0.4 is 15.5 Å². The van der Waals surface area contributed by atoms with Crippen LogP contribution in [0.15, 0.2) is 77.9 Å². The smallest absolute Gasteiger partial charge is 0.355 e. The molecule has 0 fully saturated rings. The minimum absolute atomic E-state index is 0.258. The molecule has 0 aliphatic heterocycles. The molecule has 0 bridgehead atoms. The number of fused-ring (bicyclic) bond motifs is 1. The van der Waals surface area contributed by atoms with E-state index in [1.54, 1.807) is 48.5 Å². The number of carbonyl (C=O) groups excluding carboxylic acids is 3. The van der Waals surface area contributed by atoms with Crippen LogP contribution in [0, 0.1) is 0 Å². The Kier molecular flexibility index (Phi) is 7.77. The highest BCUT2D eigenvalue weighted by atomic mass is 35.5. The van der Waals surface area contributed by atoms with Crippen LogP contribution in [-0.4, -0.2) is 30.5 Å². The fourth-order valence-electron chi connectivity index (χ4n) is 3.04. The van der Waals surface area contributed by atoms with Crippen molar-refractivity contribution in [2.75, 3.05) is 6.54 Å². The van der Waals surface area contributed by atoms with Crippen molar-refractivity contribution in [2.45, 2.75) is 0 Å². The molecular formula is C25H17Cl2N3O4S. The summed E-state index contributed by atoms with van der Waals surface area (Å²) >= 11 is 13.4. The minimum Gasteiger partial charge on any atom is -0.422 e. The number of rotatable bonds is 7. The SMILES string of the molecule is O=C(CNC(=O)c1ccc(Cl)cc1)NN=Cc1cccc(OC(=O)c2sc3ccccc3c2Cl)c1. The Labute approximate surface area is 214 Å². The third kappa shape index (κ3) is 6.24. The molecule has 0 saturated heterocycles. The predicted octanol–water partition coefficient (Wildman–Crippen LogP) is 5.31. The van der Waals surface area contributed by atoms with Gasteiger partial charge in [-0.05, 0) is 48.0 Å². The molecule has 1 aromatic heterocycles. The zero-order valence-corrected chi connectivity index (χ0v) is 20.3. The number of thiophene rings is 1. The molecule has 0 aliphatic rings. The number of halogens is 2. The molecule has 4 rings (SSSR count). The van der Waals surface area contributed by atoms with E-state index >= 15 is 0 Å². The number of nitrogens with one attached hydrogen (secondary N) is 2. The molecule has 3 aromatic carbocycles. The minimum atomic E-state index is -0.560. The Morgan fingerprint density at radius 2 is 1.74 bits per heavy atom. The fraction of sp³-hybridized carbons (Fsp3) is 0.0400. The van der Waals surface area contributed by atoms with Crippen molar-refractivity contribution < 1.29 is 19.1 Å². The molecule has 0 unspecified atom stereocenters. The van der Waals surface area contributed by atoms with Crippen LogP contribution in [0.5, 0.6) is 5.75 Å². The van der Waals surface area contributed by atoms with Gasteiger partial charge in [0.1, 0.15) is 10.6 Å². The lowest BCUT2D eigenvalue weighted by Gasteiger charge is -2.05. The molecule has 10 heteroatoms. The first-order chi connectivity index (χ1) is 16.9. The molecule has 0 aliphatic carbocycles. The Hall–Kier alpha value is -3.72. The van der Waals surface area contributed by atoms with Gasteiger partial charge in [-0.2, -0.15) is 5.10 Å². The summed E-state index contributed by atoms with van der Waals surface area (Å²) in [5.74, 6) is -1.18. The van der Waals surface area contributed by atoms with Gasteiger partial charge < -0.3 is 10.1 Å². The van der Waals surface area contributed by atoms with Gasteiger partial charge in [0.15, 0.2) is 0 Å². The lowest BCUT2D eigenvalue weighted by molar-refractivity contribution is -0.120. The van der Waals surface area contributed by atoms with Crippen LogP contribution in [0.4, 0.5) is 0 Å².